The lowest BCUT2D eigenvalue weighted by atomic mass is 10.0. The van der Waals surface area contributed by atoms with Gasteiger partial charge in [0.25, 0.3) is 5.91 Å². The standard InChI is InChI=1S/C21H19BrN2O3/c1-13(2)27-20-10-8-15(22)11-17(20)21(26)24-23-12-18-16-6-4-3-5-14(16)7-9-19(18)25/h3-13,25H,1-2H3,(H,24,26)/b23-12-. The molecule has 0 saturated carbocycles. The molecule has 2 N–H and O–H groups in total. The minimum Gasteiger partial charge on any atom is -0.507 e. The molecule has 138 valence electrons. The normalized spacial score (nSPS) is 11.3. The number of phenols is 1. The van der Waals surface area contributed by atoms with Gasteiger partial charge in [0.05, 0.1) is 17.9 Å². The van der Waals surface area contributed by atoms with Crippen LogP contribution in [0.5, 0.6) is 11.5 Å². The van der Waals surface area contributed by atoms with Gasteiger partial charge in [0.2, 0.25) is 0 Å². The number of aromatic hydroxyl groups is 1. The van der Waals surface area contributed by atoms with E-state index in [0.717, 1.165) is 15.2 Å². The summed E-state index contributed by atoms with van der Waals surface area (Å²) < 4.78 is 6.45. The largest absolute Gasteiger partial charge is 0.507 e. The van der Waals surface area contributed by atoms with Crippen molar-refractivity contribution in [1.29, 1.82) is 0 Å². The van der Waals surface area contributed by atoms with Gasteiger partial charge in [-0.25, -0.2) is 5.43 Å². The van der Waals surface area contributed by atoms with Crippen LogP contribution < -0.4 is 10.2 Å². The van der Waals surface area contributed by atoms with Crippen LogP contribution in [0.4, 0.5) is 0 Å². The van der Waals surface area contributed by atoms with Gasteiger partial charge in [-0.1, -0.05) is 46.3 Å². The molecule has 1 amide bonds. The molecule has 27 heavy (non-hydrogen) atoms. The zero-order valence-corrected chi connectivity index (χ0v) is 16.5. The van der Waals surface area contributed by atoms with Gasteiger partial charge in [-0.2, -0.15) is 5.10 Å². The zero-order chi connectivity index (χ0) is 19.4. The Morgan fingerprint density at radius 2 is 1.96 bits per heavy atom. The molecule has 0 aliphatic carbocycles. The minimum absolute atomic E-state index is 0.0612. The van der Waals surface area contributed by atoms with Gasteiger partial charge in [-0.3, -0.25) is 4.79 Å². The Bertz CT molecular complexity index is 1020. The van der Waals surface area contributed by atoms with Crippen LogP contribution in [0.15, 0.2) is 64.2 Å². The van der Waals surface area contributed by atoms with Crippen LogP contribution in [-0.4, -0.2) is 23.3 Å². The molecule has 0 aromatic heterocycles. The smallest absolute Gasteiger partial charge is 0.275 e. The van der Waals surface area contributed by atoms with E-state index >= 15 is 0 Å². The zero-order valence-electron chi connectivity index (χ0n) is 14.9. The monoisotopic (exact) mass is 426 g/mol. The van der Waals surface area contributed by atoms with Crippen molar-refractivity contribution >= 4 is 38.8 Å². The van der Waals surface area contributed by atoms with Crippen molar-refractivity contribution < 1.29 is 14.6 Å². The van der Waals surface area contributed by atoms with Crippen LogP contribution in [0.25, 0.3) is 10.8 Å². The highest BCUT2D eigenvalue weighted by molar-refractivity contribution is 9.10. The van der Waals surface area contributed by atoms with Crippen LogP contribution in [0, 0.1) is 0 Å². The lowest BCUT2D eigenvalue weighted by molar-refractivity contribution is 0.0949. The van der Waals surface area contributed by atoms with Crippen molar-refractivity contribution in [3.63, 3.8) is 0 Å². The molecular formula is C21H19BrN2O3. The van der Waals surface area contributed by atoms with E-state index in [1.165, 1.54) is 6.21 Å². The summed E-state index contributed by atoms with van der Waals surface area (Å²) in [7, 11) is 0. The number of hydrogen-bond acceptors (Lipinski definition) is 4. The summed E-state index contributed by atoms with van der Waals surface area (Å²) in [4.78, 5) is 12.5. The number of halogens is 1. The summed E-state index contributed by atoms with van der Waals surface area (Å²) in [6, 6.07) is 16.3. The van der Waals surface area contributed by atoms with E-state index in [9.17, 15) is 9.90 Å². The molecule has 3 aromatic rings. The number of ether oxygens (including phenoxy) is 1. The summed E-state index contributed by atoms with van der Waals surface area (Å²) in [5, 5.41) is 16.0. The van der Waals surface area contributed by atoms with Gasteiger partial charge >= 0.3 is 0 Å². The number of amides is 1. The molecule has 0 aliphatic heterocycles. The Hall–Kier alpha value is -2.86. The van der Waals surface area contributed by atoms with Gasteiger partial charge in [-0.05, 0) is 48.9 Å². The van der Waals surface area contributed by atoms with Crippen LogP contribution in [0.2, 0.25) is 0 Å². The van der Waals surface area contributed by atoms with E-state index < -0.39 is 5.91 Å². The third-order valence-corrected chi connectivity index (χ3v) is 4.35. The molecule has 0 aliphatic rings. The molecule has 0 fully saturated rings. The van der Waals surface area contributed by atoms with Crippen molar-refractivity contribution in [1.82, 2.24) is 5.43 Å². The van der Waals surface area contributed by atoms with Crippen molar-refractivity contribution in [3.05, 3.63) is 70.2 Å². The van der Waals surface area contributed by atoms with E-state index in [2.05, 4.69) is 26.5 Å². The molecule has 0 unspecified atom stereocenters. The molecule has 6 heteroatoms. The molecule has 3 rings (SSSR count). The van der Waals surface area contributed by atoms with Gasteiger partial charge in [0.15, 0.2) is 0 Å². The molecule has 0 atom stereocenters. The number of phenolic OH excluding ortho intramolecular Hbond substituents is 1. The van der Waals surface area contributed by atoms with Crippen LogP contribution in [0.3, 0.4) is 0 Å². The maximum Gasteiger partial charge on any atom is 0.275 e. The number of nitrogens with one attached hydrogen (secondary N) is 1. The quantitative estimate of drug-likeness (QED) is 0.451. The van der Waals surface area contributed by atoms with Crippen LogP contribution in [-0.2, 0) is 0 Å². The number of fused-ring (bicyclic) bond motifs is 1. The van der Waals surface area contributed by atoms with E-state index in [-0.39, 0.29) is 11.9 Å². The predicted octanol–water partition coefficient (Wildman–Crippen LogP) is 4.86. The molecule has 0 radical (unpaired) electrons. The molecule has 5 nitrogen and oxygen atoms in total. The van der Waals surface area contributed by atoms with Crippen molar-refractivity contribution in [3.8, 4) is 11.5 Å². The maximum absolute atomic E-state index is 12.5. The van der Waals surface area contributed by atoms with Gasteiger partial charge in [0, 0.05) is 10.0 Å². The number of carbonyl (C=O) groups excluding carboxylic acids is 1. The predicted molar refractivity (Wildman–Crippen MR) is 111 cm³/mol. The highest BCUT2D eigenvalue weighted by atomic mass is 79.9. The van der Waals surface area contributed by atoms with Crippen molar-refractivity contribution in [2.75, 3.05) is 0 Å². The molecule has 0 heterocycles. The summed E-state index contributed by atoms with van der Waals surface area (Å²) in [5.74, 6) is 0.176. The van der Waals surface area contributed by atoms with E-state index in [1.807, 2.05) is 50.2 Å². The summed E-state index contributed by atoms with van der Waals surface area (Å²) in [6.45, 7) is 3.79. The first-order valence-electron chi connectivity index (χ1n) is 8.46. The summed E-state index contributed by atoms with van der Waals surface area (Å²) >= 11 is 3.37. The molecule has 3 aromatic carbocycles. The highest BCUT2D eigenvalue weighted by Crippen LogP contribution is 2.26. The van der Waals surface area contributed by atoms with Crippen molar-refractivity contribution in [2.45, 2.75) is 20.0 Å². The minimum atomic E-state index is -0.400. The first kappa shape index (κ1) is 18.9. The Balaban J connectivity index is 1.85. The molecule has 0 spiro atoms. The fourth-order valence-electron chi connectivity index (χ4n) is 2.67. The third-order valence-electron chi connectivity index (χ3n) is 3.86. The SMILES string of the molecule is CC(C)Oc1ccc(Br)cc1C(=O)N/N=C\c1c(O)ccc2ccccc12. The second-order valence-electron chi connectivity index (χ2n) is 6.23. The fraction of sp³-hybridized carbons (Fsp3) is 0.143. The second-order valence-corrected chi connectivity index (χ2v) is 7.14. The molecule has 0 saturated heterocycles. The highest BCUT2D eigenvalue weighted by Gasteiger charge is 2.14. The molecule has 0 bridgehead atoms. The van der Waals surface area contributed by atoms with Crippen molar-refractivity contribution in [2.24, 2.45) is 5.10 Å². The Kier molecular flexibility index (Phi) is 5.76. The average Bonchev–Trinajstić information content (AvgIpc) is 2.64. The topological polar surface area (TPSA) is 70.9 Å². The number of carbonyl (C=O) groups is 1. The van der Waals surface area contributed by atoms with Gasteiger partial charge < -0.3 is 9.84 Å². The van der Waals surface area contributed by atoms with Gasteiger partial charge in [0.1, 0.15) is 11.5 Å². The Morgan fingerprint density at radius 1 is 1.19 bits per heavy atom. The van der Waals surface area contributed by atoms with Gasteiger partial charge in [-0.15, -0.1) is 0 Å². The number of benzene rings is 3. The number of hydrazone groups is 1. The van der Waals surface area contributed by atoms with E-state index in [4.69, 9.17) is 4.74 Å². The Labute approximate surface area is 165 Å². The average molecular weight is 427 g/mol. The maximum atomic E-state index is 12.5. The lowest BCUT2D eigenvalue weighted by Gasteiger charge is -2.13. The molecular weight excluding hydrogens is 408 g/mol. The Morgan fingerprint density at radius 3 is 2.74 bits per heavy atom. The summed E-state index contributed by atoms with van der Waals surface area (Å²) in [6.07, 6.45) is 1.38. The van der Waals surface area contributed by atoms with Crippen LogP contribution in [0.1, 0.15) is 29.8 Å². The fourth-order valence-corrected chi connectivity index (χ4v) is 3.03. The van der Waals surface area contributed by atoms with E-state index in [1.54, 1.807) is 18.2 Å². The summed E-state index contributed by atoms with van der Waals surface area (Å²) in [5.41, 5.74) is 3.41. The lowest BCUT2D eigenvalue weighted by Crippen LogP contribution is -2.20. The first-order chi connectivity index (χ1) is 13.0. The number of hydrogen-bond donors (Lipinski definition) is 2. The third kappa shape index (κ3) is 4.46. The first-order valence-corrected chi connectivity index (χ1v) is 9.25. The van der Waals surface area contributed by atoms with Crippen LogP contribution >= 0.6 is 15.9 Å². The number of rotatable bonds is 5. The second kappa shape index (κ2) is 8.22. The van der Waals surface area contributed by atoms with E-state index in [0.29, 0.717) is 16.9 Å². The number of nitrogens with zero attached hydrogens (tertiary/aromatic N) is 1.